The molecule has 0 aromatic rings. The summed E-state index contributed by atoms with van der Waals surface area (Å²) in [7, 11) is 0. The van der Waals surface area contributed by atoms with Crippen LogP contribution in [-0.2, 0) is 14.3 Å². The van der Waals surface area contributed by atoms with E-state index in [9.17, 15) is 19.8 Å². The lowest BCUT2D eigenvalue weighted by Crippen LogP contribution is -2.45. The first-order chi connectivity index (χ1) is 35.0. The number of aliphatic hydroxyl groups excluding tert-OH is 2. The van der Waals surface area contributed by atoms with Crippen LogP contribution < -0.4 is 5.32 Å². The molecule has 6 heteroatoms. The highest BCUT2D eigenvalue weighted by molar-refractivity contribution is 5.76. The Morgan fingerprint density at radius 1 is 0.394 bits per heavy atom. The maximum absolute atomic E-state index is 12.5. The predicted octanol–water partition coefficient (Wildman–Crippen LogP) is 19.7. The summed E-state index contributed by atoms with van der Waals surface area (Å²) in [6, 6.07) is -0.556. The number of carbonyl (C=O) groups excluding carboxylic acids is 2. The molecule has 0 aromatic carbocycles. The van der Waals surface area contributed by atoms with Crippen LogP contribution in [0.2, 0.25) is 0 Å². The number of rotatable bonds is 58. The highest BCUT2D eigenvalue weighted by Crippen LogP contribution is 2.17. The monoisotopic (exact) mass is 996 g/mol. The van der Waals surface area contributed by atoms with Crippen LogP contribution in [0.3, 0.4) is 0 Å². The Morgan fingerprint density at radius 3 is 1.08 bits per heavy atom. The Balaban J connectivity index is 3.50. The fourth-order valence-electron chi connectivity index (χ4n) is 9.52. The minimum absolute atomic E-state index is 0.0227. The molecule has 0 spiro atoms. The van der Waals surface area contributed by atoms with Gasteiger partial charge in [0.15, 0.2) is 0 Å². The van der Waals surface area contributed by atoms with Gasteiger partial charge in [-0.1, -0.05) is 268 Å². The van der Waals surface area contributed by atoms with Crippen LogP contribution in [-0.4, -0.2) is 47.4 Å². The molecule has 0 aliphatic rings. The van der Waals surface area contributed by atoms with E-state index in [1.54, 1.807) is 0 Å². The summed E-state index contributed by atoms with van der Waals surface area (Å²) in [6.45, 7) is 4.90. The van der Waals surface area contributed by atoms with Gasteiger partial charge >= 0.3 is 5.97 Å². The molecule has 0 rings (SSSR count). The number of ether oxygens (including phenoxy) is 1. The molecule has 0 aromatic heterocycles. The zero-order valence-electron chi connectivity index (χ0n) is 47.5. The molecule has 71 heavy (non-hydrogen) atoms. The van der Waals surface area contributed by atoms with Crippen molar-refractivity contribution >= 4 is 11.9 Å². The summed E-state index contributed by atoms with van der Waals surface area (Å²) in [4.78, 5) is 24.6. The van der Waals surface area contributed by atoms with E-state index in [-0.39, 0.29) is 18.5 Å². The standard InChI is InChI=1S/C65H121NO5/c1-3-5-7-9-11-13-15-17-19-21-23-25-29-33-37-41-45-49-53-57-63(68)62(61-67)66-64(69)58-54-50-46-42-38-34-30-26-24-28-32-36-40-44-48-52-56-60-71-65(70)59-55-51-47-43-39-35-31-27-22-20-18-16-14-12-10-8-6-4-2/h14,16,20,22,24,28,36,40,62-63,67-68H,3-13,15,17-19,21,23,25-27,29-35,37-39,41-61H2,1-2H3,(H,66,69)/b16-14-,22-20-,28-24-,40-36-. The molecule has 0 saturated carbocycles. The number of allylic oxidation sites excluding steroid dienone is 8. The summed E-state index contributed by atoms with van der Waals surface area (Å²) >= 11 is 0. The van der Waals surface area contributed by atoms with Gasteiger partial charge in [-0.25, -0.2) is 0 Å². The van der Waals surface area contributed by atoms with Gasteiger partial charge in [-0.3, -0.25) is 9.59 Å². The highest BCUT2D eigenvalue weighted by Gasteiger charge is 2.20. The van der Waals surface area contributed by atoms with Crippen LogP contribution in [0.15, 0.2) is 48.6 Å². The fourth-order valence-corrected chi connectivity index (χ4v) is 9.52. The van der Waals surface area contributed by atoms with Crippen molar-refractivity contribution in [3.63, 3.8) is 0 Å². The average Bonchev–Trinajstić information content (AvgIpc) is 3.37. The van der Waals surface area contributed by atoms with Gasteiger partial charge in [0.1, 0.15) is 0 Å². The Bertz CT molecular complexity index is 1190. The topological polar surface area (TPSA) is 95.9 Å². The Hall–Kier alpha value is -2.18. The van der Waals surface area contributed by atoms with Crippen molar-refractivity contribution in [2.24, 2.45) is 0 Å². The number of hydrogen-bond donors (Lipinski definition) is 3. The number of esters is 1. The van der Waals surface area contributed by atoms with E-state index in [1.165, 1.54) is 205 Å². The third-order valence-electron chi connectivity index (χ3n) is 14.4. The molecule has 416 valence electrons. The van der Waals surface area contributed by atoms with Gasteiger partial charge in [0.05, 0.1) is 25.4 Å². The van der Waals surface area contributed by atoms with Gasteiger partial charge in [0, 0.05) is 12.8 Å². The van der Waals surface area contributed by atoms with Gasteiger partial charge in [-0.15, -0.1) is 0 Å². The van der Waals surface area contributed by atoms with Crippen molar-refractivity contribution in [1.29, 1.82) is 0 Å². The van der Waals surface area contributed by atoms with E-state index in [0.717, 1.165) is 89.9 Å². The third kappa shape index (κ3) is 57.0. The van der Waals surface area contributed by atoms with E-state index in [1.807, 2.05) is 0 Å². The van der Waals surface area contributed by atoms with E-state index < -0.39 is 12.1 Å². The average molecular weight is 997 g/mol. The molecule has 0 bridgehead atoms. The van der Waals surface area contributed by atoms with Crippen LogP contribution >= 0.6 is 0 Å². The van der Waals surface area contributed by atoms with Crippen LogP contribution in [0.25, 0.3) is 0 Å². The molecule has 3 N–H and O–H groups in total. The molecule has 0 aliphatic carbocycles. The van der Waals surface area contributed by atoms with Crippen molar-refractivity contribution in [3.05, 3.63) is 48.6 Å². The van der Waals surface area contributed by atoms with Gasteiger partial charge in [0.25, 0.3) is 0 Å². The quantitative estimate of drug-likeness (QED) is 0.0321. The number of amides is 1. The number of unbranched alkanes of at least 4 members (excludes halogenated alkanes) is 39. The first-order valence-electron chi connectivity index (χ1n) is 31.4. The fraction of sp³-hybridized carbons (Fsp3) is 0.846. The molecule has 2 atom stereocenters. The Morgan fingerprint density at radius 2 is 0.704 bits per heavy atom. The predicted molar refractivity (Wildman–Crippen MR) is 310 cm³/mol. The second-order valence-electron chi connectivity index (χ2n) is 21.4. The van der Waals surface area contributed by atoms with Gasteiger partial charge in [-0.05, 0) is 96.3 Å². The maximum Gasteiger partial charge on any atom is 0.305 e. The second kappa shape index (κ2) is 60.4. The summed E-state index contributed by atoms with van der Waals surface area (Å²) in [5.74, 6) is -0.0723. The molecule has 0 radical (unpaired) electrons. The minimum Gasteiger partial charge on any atom is -0.466 e. The normalized spacial score (nSPS) is 12.9. The minimum atomic E-state index is -0.677. The lowest BCUT2D eigenvalue weighted by atomic mass is 10.0. The van der Waals surface area contributed by atoms with Crippen molar-refractivity contribution in [2.45, 2.75) is 341 Å². The zero-order chi connectivity index (χ0) is 51.4. The molecule has 0 heterocycles. The van der Waals surface area contributed by atoms with E-state index in [4.69, 9.17) is 4.74 Å². The van der Waals surface area contributed by atoms with Crippen molar-refractivity contribution < 1.29 is 24.5 Å². The number of carbonyl (C=O) groups is 2. The van der Waals surface area contributed by atoms with Gasteiger partial charge in [0.2, 0.25) is 5.91 Å². The van der Waals surface area contributed by atoms with E-state index in [0.29, 0.717) is 25.9 Å². The summed E-state index contributed by atoms with van der Waals surface area (Å²) in [5.41, 5.74) is 0. The maximum atomic E-state index is 12.5. The summed E-state index contributed by atoms with van der Waals surface area (Å²) < 4.78 is 5.46. The molecule has 1 amide bonds. The zero-order valence-corrected chi connectivity index (χ0v) is 47.5. The Kier molecular flexibility index (Phi) is 58.5. The highest BCUT2D eigenvalue weighted by atomic mass is 16.5. The van der Waals surface area contributed by atoms with Crippen LogP contribution in [0.1, 0.15) is 328 Å². The lowest BCUT2D eigenvalue weighted by Gasteiger charge is -2.22. The first kappa shape index (κ1) is 68.8. The smallest absolute Gasteiger partial charge is 0.305 e. The largest absolute Gasteiger partial charge is 0.466 e. The van der Waals surface area contributed by atoms with Crippen LogP contribution in [0.4, 0.5) is 0 Å². The van der Waals surface area contributed by atoms with E-state index in [2.05, 4.69) is 67.8 Å². The number of nitrogens with one attached hydrogen (secondary N) is 1. The molecule has 0 aliphatic heterocycles. The lowest BCUT2D eigenvalue weighted by molar-refractivity contribution is -0.143. The molecule has 2 unspecified atom stereocenters. The second-order valence-corrected chi connectivity index (χ2v) is 21.4. The summed E-state index contributed by atoms with van der Waals surface area (Å²) in [5, 5.41) is 23.3. The van der Waals surface area contributed by atoms with Crippen LogP contribution in [0.5, 0.6) is 0 Å². The first-order valence-corrected chi connectivity index (χ1v) is 31.4. The van der Waals surface area contributed by atoms with Crippen molar-refractivity contribution in [2.75, 3.05) is 13.2 Å². The Labute approximate surface area is 442 Å². The van der Waals surface area contributed by atoms with Gasteiger partial charge in [-0.2, -0.15) is 0 Å². The molecule has 0 saturated heterocycles. The SMILES string of the molecule is CCCCCC/C=C\C/C=C\CCCCCCCCCC(=O)OCCCCC/C=C\C/C=C\CCCCCCCCCC(=O)NC(CO)C(O)CCCCCCCCCCCCCCCCCCCCC. The van der Waals surface area contributed by atoms with E-state index >= 15 is 0 Å². The van der Waals surface area contributed by atoms with Crippen LogP contribution in [0, 0.1) is 0 Å². The number of aliphatic hydroxyl groups is 2. The molecule has 6 nitrogen and oxygen atoms in total. The number of hydrogen-bond acceptors (Lipinski definition) is 5. The molecule has 0 fully saturated rings. The van der Waals surface area contributed by atoms with Gasteiger partial charge < -0.3 is 20.3 Å². The third-order valence-corrected chi connectivity index (χ3v) is 14.4. The summed E-state index contributed by atoms with van der Waals surface area (Å²) in [6.07, 6.45) is 76.8. The van der Waals surface area contributed by atoms with Crippen molar-refractivity contribution in [1.82, 2.24) is 5.32 Å². The molecular formula is C65H121NO5. The van der Waals surface area contributed by atoms with Crippen molar-refractivity contribution in [3.8, 4) is 0 Å². The molecular weight excluding hydrogens is 875 g/mol.